The Morgan fingerprint density at radius 3 is 2.15 bits per heavy atom. The fraction of sp³-hybridized carbons (Fsp3) is 0.500. The van der Waals surface area contributed by atoms with Gasteiger partial charge in [-0.05, 0) is 24.7 Å². The molecule has 0 aliphatic heterocycles. The maximum Gasteiger partial charge on any atom is 0.416 e. The van der Waals surface area contributed by atoms with Crippen LogP contribution in [0.5, 0.6) is 0 Å². The molecule has 0 bridgehead atoms. The third-order valence-corrected chi connectivity index (χ3v) is 2.62. The van der Waals surface area contributed by atoms with E-state index in [0.29, 0.717) is 0 Å². The van der Waals surface area contributed by atoms with Crippen LogP contribution in [0.3, 0.4) is 0 Å². The Bertz CT molecular complexity index is 452. The summed E-state index contributed by atoms with van der Waals surface area (Å²) in [6, 6.07) is 3.16. The number of rotatable bonds is 4. The molecular formula is C12H14F6N2. The van der Waals surface area contributed by atoms with Crippen molar-refractivity contribution in [1.29, 1.82) is 0 Å². The summed E-state index contributed by atoms with van der Waals surface area (Å²) in [5.74, 6) is 0. The van der Waals surface area contributed by atoms with E-state index in [1.165, 1.54) is 19.2 Å². The molecule has 1 N–H and O–H groups in total. The summed E-state index contributed by atoms with van der Waals surface area (Å²) in [5.41, 5.74) is -1.07. The number of nitrogens with zero attached hydrogens (tertiary/aromatic N) is 1. The fourth-order valence-corrected chi connectivity index (χ4v) is 1.77. The molecule has 8 heteroatoms. The van der Waals surface area contributed by atoms with Gasteiger partial charge < -0.3 is 10.2 Å². The van der Waals surface area contributed by atoms with Crippen LogP contribution in [0.25, 0.3) is 0 Å². The summed E-state index contributed by atoms with van der Waals surface area (Å²) < 4.78 is 75.4. The molecule has 0 aliphatic rings. The quantitative estimate of drug-likeness (QED) is 0.857. The molecular weight excluding hydrogens is 286 g/mol. The van der Waals surface area contributed by atoms with Crippen LogP contribution in [0, 0.1) is 0 Å². The standard InChI is InChI=1S/C12H14F6N2/c1-19-6-8-3-4-9(5-10(8)12(16,17)18)20(2)7-11(13,14)15/h3-5,19H,6-7H2,1-2H3. The molecule has 0 atom stereocenters. The van der Waals surface area contributed by atoms with Gasteiger partial charge in [-0.25, -0.2) is 0 Å². The van der Waals surface area contributed by atoms with Gasteiger partial charge in [0.25, 0.3) is 0 Å². The summed E-state index contributed by atoms with van der Waals surface area (Å²) in [7, 11) is 2.59. The summed E-state index contributed by atoms with van der Waals surface area (Å²) >= 11 is 0. The van der Waals surface area contributed by atoms with Crippen LogP contribution in [0.15, 0.2) is 18.2 Å². The molecule has 0 heterocycles. The molecule has 0 spiro atoms. The van der Waals surface area contributed by atoms with Crippen molar-refractivity contribution in [3.8, 4) is 0 Å². The molecule has 0 aliphatic carbocycles. The normalized spacial score (nSPS) is 12.6. The second kappa shape index (κ2) is 5.90. The van der Waals surface area contributed by atoms with Crippen molar-refractivity contribution in [1.82, 2.24) is 5.32 Å². The SMILES string of the molecule is CNCc1ccc(N(C)CC(F)(F)F)cc1C(F)(F)F. The first kappa shape index (κ1) is 16.6. The monoisotopic (exact) mass is 300 g/mol. The average molecular weight is 300 g/mol. The van der Waals surface area contributed by atoms with Crippen molar-refractivity contribution >= 4 is 5.69 Å². The Hall–Kier alpha value is -1.44. The van der Waals surface area contributed by atoms with E-state index in [4.69, 9.17) is 0 Å². The molecule has 1 aromatic rings. The van der Waals surface area contributed by atoms with Crippen LogP contribution < -0.4 is 10.2 Å². The van der Waals surface area contributed by atoms with Gasteiger partial charge in [-0.15, -0.1) is 0 Å². The summed E-state index contributed by atoms with van der Waals surface area (Å²) in [6.07, 6.45) is -9.09. The Kier molecular flexibility index (Phi) is 4.90. The zero-order valence-corrected chi connectivity index (χ0v) is 10.9. The predicted molar refractivity (Wildman–Crippen MR) is 63.5 cm³/mol. The number of nitrogens with one attached hydrogen (secondary N) is 1. The maximum atomic E-state index is 12.9. The first-order valence-electron chi connectivity index (χ1n) is 5.67. The summed E-state index contributed by atoms with van der Waals surface area (Å²) in [6.45, 7) is -1.33. The molecule has 0 fully saturated rings. The van der Waals surface area contributed by atoms with Crippen molar-refractivity contribution < 1.29 is 26.3 Å². The molecule has 1 aromatic carbocycles. The van der Waals surface area contributed by atoms with Crippen LogP contribution in [-0.4, -0.2) is 26.8 Å². The van der Waals surface area contributed by atoms with Crippen LogP contribution in [0.2, 0.25) is 0 Å². The van der Waals surface area contributed by atoms with E-state index in [9.17, 15) is 26.3 Å². The lowest BCUT2D eigenvalue weighted by Gasteiger charge is -2.23. The van der Waals surface area contributed by atoms with Gasteiger partial charge in [-0.2, -0.15) is 26.3 Å². The molecule has 20 heavy (non-hydrogen) atoms. The number of alkyl halides is 6. The lowest BCUT2D eigenvalue weighted by atomic mass is 10.1. The molecule has 0 saturated heterocycles. The zero-order valence-electron chi connectivity index (χ0n) is 10.9. The van der Waals surface area contributed by atoms with Crippen molar-refractivity contribution in [2.45, 2.75) is 18.9 Å². The van der Waals surface area contributed by atoms with E-state index in [1.54, 1.807) is 0 Å². The first-order chi connectivity index (χ1) is 9.04. The summed E-state index contributed by atoms with van der Waals surface area (Å²) in [4.78, 5) is 0.735. The Morgan fingerprint density at radius 1 is 1.10 bits per heavy atom. The zero-order chi connectivity index (χ0) is 15.6. The smallest absolute Gasteiger partial charge is 0.366 e. The van der Waals surface area contributed by atoms with Crippen molar-refractivity contribution in [2.24, 2.45) is 0 Å². The highest BCUT2D eigenvalue weighted by Gasteiger charge is 2.34. The van der Waals surface area contributed by atoms with Crippen LogP contribution in [0.1, 0.15) is 11.1 Å². The topological polar surface area (TPSA) is 15.3 Å². The molecule has 0 saturated carbocycles. The third kappa shape index (κ3) is 4.59. The molecule has 114 valence electrons. The van der Waals surface area contributed by atoms with E-state index in [0.717, 1.165) is 18.0 Å². The number of hydrogen-bond acceptors (Lipinski definition) is 2. The van der Waals surface area contributed by atoms with Crippen molar-refractivity contribution in [3.05, 3.63) is 29.3 Å². The Morgan fingerprint density at radius 2 is 1.70 bits per heavy atom. The van der Waals surface area contributed by atoms with E-state index in [2.05, 4.69) is 5.32 Å². The van der Waals surface area contributed by atoms with Gasteiger partial charge >= 0.3 is 12.4 Å². The van der Waals surface area contributed by atoms with Crippen LogP contribution in [-0.2, 0) is 12.7 Å². The summed E-state index contributed by atoms with van der Waals surface area (Å²) in [5, 5.41) is 2.59. The number of anilines is 1. The predicted octanol–water partition coefficient (Wildman–Crippen LogP) is 3.42. The molecule has 1 rings (SSSR count). The maximum absolute atomic E-state index is 12.9. The largest absolute Gasteiger partial charge is 0.416 e. The number of halogens is 6. The highest BCUT2D eigenvalue weighted by atomic mass is 19.4. The minimum absolute atomic E-state index is 0.0100. The minimum atomic E-state index is -4.61. The van der Waals surface area contributed by atoms with E-state index in [-0.39, 0.29) is 17.8 Å². The molecule has 0 amide bonds. The lowest BCUT2D eigenvalue weighted by molar-refractivity contribution is -0.138. The molecule has 0 radical (unpaired) electrons. The third-order valence-electron chi connectivity index (χ3n) is 2.62. The molecule has 0 aromatic heterocycles. The second-order valence-corrected chi connectivity index (χ2v) is 4.34. The van der Waals surface area contributed by atoms with Gasteiger partial charge in [0, 0.05) is 19.3 Å². The van der Waals surface area contributed by atoms with Crippen LogP contribution in [0.4, 0.5) is 32.0 Å². The first-order valence-corrected chi connectivity index (χ1v) is 5.67. The Labute approximate surface area is 112 Å². The minimum Gasteiger partial charge on any atom is -0.366 e. The lowest BCUT2D eigenvalue weighted by Crippen LogP contribution is -2.31. The molecule has 0 unspecified atom stereocenters. The van der Waals surface area contributed by atoms with Gasteiger partial charge in [0.15, 0.2) is 0 Å². The molecule has 2 nitrogen and oxygen atoms in total. The second-order valence-electron chi connectivity index (χ2n) is 4.34. The number of hydrogen-bond donors (Lipinski definition) is 1. The average Bonchev–Trinajstić information content (AvgIpc) is 2.26. The van der Waals surface area contributed by atoms with E-state index < -0.39 is 24.5 Å². The van der Waals surface area contributed by atoms with Crippen molar-refractivity contribution in [2.75, 3.05) is 25.5 Å². The highest BCUT2D eigenvalue weighted by Crippen LogP contribution is 2.35. The number of benzene rings is 1. The fourth-order valence-electron chi connectivity index (χ4n) is 1.77. The van der Waals surface area contributed by atoms with E-state index >= 15 is 0 Å². The van der Waals surface area contributed by atoms with Gasteiger partial charge in [-0.3, -0.25) is 0 Å². The van der Waals surface area contributed by atoms with E-state index in [1.807, 2.05) is 0 Å². The van der Waals surface area contributed by atoms with Gasteiger partial charge in [-0.1, -0.05) is 6.07 Å². The van der Waals surface area contributed by atoms with Gasteiger partial charge in [0.2, 0.25) is 0 Å². The highest BCUT2D eigenvalue weighted by molar-refractivity contribution is 5.51. The Balaban J connectivity index is 3.12. The van der Waals surface area contributed by atoms with Crippen molar-refractivity contribution in [3.63, 3.8) is 0 Å². The van der Waals surface area contributed by atoms with Crippen LogP contribution >= 0.6 is 0 Å². The van der Waals surface area contributed by atoms with Gasteiger partial charge in [0.1, 0.15) is 6.54 Å². The van der Waals surface area contributed by atoms with Gasteiger partial charge in [0.05, 0.1) is 5.56 Å².